The molecule has 22 heavy (non-hydrogen) atoms. The molecule has 2 rings (SSSR count). The molecule has 120 valence electrons. The SMILES string of the molecule is Cc1cc(C(F)(F)F)n2nc(C(=O)NCC(C)C)c(Cl)c2n1. The van der Waals surface area contributed by atoms with E-state index in [9.17, 15) is 18.0 Å². The lowest BCUT2D eigenvalue weighted by Gasteiger charge is -2.09. The minimum absolute atomic E-state index is 0.135. The van der Waals surface area contributed by atoms with E-state index in [0.29, 0.717) is 11.1 Å². The monoisotopic (exact) mass is 334 g/mol. The highest BCUT2D eigenvalue weighted by molar-refractivity contribution is 6.36. The van der Waals surface area contributed by atoms with Gasteiger partial charge in [0, 0.05) is 12.2 Å². The summed E-state index contributed by atoms with van der Waals surface area (Å²) in [5.74, 6) is -0.444. The number of aryl methyl sites for hydroxylation is 1. The highest BCUT2D eigenvalue weighted by Crippen LogP contribution is 2.32. The molecule has 0 aliphatic heterocycles. The van der Waals surface area contributed by atoms with Crippen LogP contribution in [0.3, 0.4) is 0 Å². The molecule has 0 radical (unpaired) electrons. The molecule has 0 aliphatic carbocycles. The first-order chi connectivity index (χ1) is 10.1. The lowest BCUT2D eigenvalue weighted by atomic mass is 10.2. The molecule has 0 saturated carbocycles. The predicted molar refractivity (Wildman–Crippen MR) is 74.9 cm³/mol. The van der Waals surface area contributed by atoms with Crippen LogP contribution in [0.1, 0.15) is 35.7 Å². The zero-order valence-corrected chi connectivity index (χ0v) is 12.9. The van der Waals surface area contributed by atoms with Crippen LogP contribution in [-0.2, 0) is 6.18 Å². The quantitative estimate of drug-likeness (QED) is 0.938. The van der Waals surface area contributed by atoms with Crippen molar-refractivity contribution in [2.24, 2.45) is 5.92 Å². The summed E-state index contributed by atoms with van der Waals surface area (Å²) >= 11 is 5.99. The second-order valence-electron chi connectivity index (χ2n) is 5.28. The number of nitrogens with zero attached hydrogens (tertiary/aromatic N) is 3. The summed E-state index contributed by atoms with van der Waals surface area (Å²) in [4.78, 5) is 15.9. The fourth-order valence-corrected chi connectivity index (χ4v) is 2.09. The van der Waals surface area contributed by atoms with Crippen molar-refractivity contribution in [1.82, 2.24) is 19.9 Å². The Hall–Kier alpha value is -1.83. The summed E-state index contributed by atoms with van der Waals surface area (Å²) < 4.78 is 39.7. The third kappa shape index (κ3) is 3.16. The van der Waals surface area contributed by atoms with Gasteiger partial charge in [-0.05, 0) is 18.9 Å². The van der Waals surface area contributed by atoms with Gasteiger partial charge in [-0.25, -0.2) is 9.50 Å². The number of carbonyl (C=O) groups is 1. The Morgan fingerprint density at radius 3 is 2.64 bits per heavy atom. The Labute approximate surface area is 129 Å². The van der Waals surface area contributed by atoms with Crippen LogP contribution in [0, 0.1) is 12.8 Å². The van der Waals surface area contributed by atoms with E-state index in [1.807, 2.05) is 13.8 Å². The zero-order valence-electron chi connectivity index (χ0n) is 12.1. The number of rotatable bonds is 3. The number of aromatic nitrogens is 3. The molecule has 0 fully saturated rings. The van der Waals surface area contributed by atoms with Gasteiger partial charge in [-0.3, -0.25) is 4.79 Å². The first kappa shape index (κ1) is 16.5. The number of amides is 1. The highest BCUT2D eigenvalue weighted by Gasteiger charge is 2.36. The lowest BCUT2D eigenvalue weighted by Crippen LogP contribution is -2.28. The largest absolute Gasteiger partial charge is 0.433 e. The topological polar surface area (TPSA) is 59.3 Å². The lowest BCUT2D eigenvalue weighted by molar-refractivity contribution is -0.142. The van der Waals surface area contributed by atoms with Crippen molar-refractivity contribution in [1.29, 1.82) is 0 Å². The van der Waals surface area contributed by atoms with Crippen LogP contribution in [0.2, 0.25) is 5.02 Å². The Kier molecular flexibility index (Phi) is 4.32. The number of halogens is 4. The molecular formula is C13H14ClF3N4O. The van der Waals surface area contributed by atoms with Gasteiger partial charge in [0.15, 0.2) is 11.3 Å². The van der Waals surface area contributed by atoms with E-state index in [2.05, 4.69) is 15.4 Å². The van der Waals surface area contributed by atoms with E-state index in [-0.39, 0.29) is 28.0 Å². The smallest absolute Gasteiger partial charge is 0.350 e. The third-order valence-electron chi connectivity index (χ3n) is 2.84. The van der Waals surface area contributed by atoms with Crippen molar-refractivity contribution in [2.75, 3.05) is 6.54 Å². The van der Waals surface area contributed by atoms with Crippen LogP contribution in [0.25, 0.3) is 5.65 Å². The number of nitrogens with one attached hydrogen (secondary N) is 1. The van der Waals surface area contributed by atoms with E-state index in [1.54, 1.807) is 0 Å². The molecule has 2 heterocycles. The molecule has 1 N–H and O–H groups in total. The minimum atomic E-state index is -4.63. The summed E-state index contributed by atoms with van der Waals surface area (Å²) in [5.41, 5.74) is -1.36. The third-order valence-corrected chi connectivity index (χ3v) is 3.19. The fraction of sp³-hybridized carbons (Fsp3) is 0.462. The first-order valence-corrected chi connectivity index (χ1v) is 6.90. The zero-order chi connectivity index (χ0) is 16.7. The minimum Gasteiger partial charge on any atom is -0.350 e. The highest BCUT2D eigenvalue weighted by atomic mass is 35.5. The molecular weight excluding hydrogens is 321 g/mol. The van der Waals surface area contributed by atoms with Crippen molar-refractivity contribution < 1.29 is 18.0 Å². The summed E-state index contributed by atoms with van der Waals surface area (Å²) in [5, 5.41) is 6.05. The van der Waals surface area contributed by atoms with Crippen LogP contribution in [-0.4, -0.2) is 27.0 Å². The summed E-state index contributed by atoms with van der Waals surface area (Å²) in [6, 6.07) is 0.853. The van der Waals surface area contributed by atoms with Crippen LogP contribution in [0.4, 0.5) is 13.2 Å². The summed E-state index contributed by atoms with van der Waals surface area (Å²) in [7, 11) is 0. The van der Waals surface area contributed by atoms with Gasteiger partial charge in [0.1, 0.15) is 10.7 Å². The molecule has 0 unspecified atom stereocenters. The average Bonchev–Trinajstić information content (AvgIpc) is 2.72. The van der Waals surface area contributed by atoms with Crippen molar-refractivity contribution in [3.8, 4) is 0 Å². The van der Waals surface area contributed by atoms with Gasteiger partial charge < -0.3 is 5.32 Å². The molecule has 0 saturated heterocycles. The van der Waals surface area contributed by atoms with Crippen molar-refractivity contribution in [3.05, 3.63) is 28.2 Å². The molecule has 0 spiro atoms. The maximum atomic E-state index is 13.1. The van der Waals surface area contributed by atoms with Crippen molar-refractivity contribution in [2.45, 2.75) is 26.9 Å². The van der Waals surface area contributed by atoms with Gasteiger partial charge in [-0.15, -0.1) is 0 Å². The van der Waals surface area contributed by atoms with E-state index >= 15 is 0 Å². The normalized spacial score (nSPS) is 12.2. The Balaban J connectivity index is 2.56. The van der Waals surface area contributed by atoms with E-state index in [1.165, 1.54) is 6.92 Å². The van der Waals surface area contributed by atoms with Crippen molar-refractivity contribution in [3.63, 3.8) is 0 Å². The standard InChI is InChI=1S/C13H14ClF3N4O/c1-6(2)5-18-12(22)10-9(14)11-19-7(3)4-8(13(15,16)17)21(11)20-10/h4,6H,5H2,1-3H3,(H,18,22). The van der Waals surface area contributed by atoms with Crippen LogP contribution < -0.4 is 5.32 Å². The van der Waals surface area contributed by atoms with Gasteiger partial charge in [0.2, 0.25) is 0 Å². The molecule has 1 amide bonds. The molecule has 0 aromatic carbocycles. The fourth-order valence-electron chi connectivity index (χ4n) is 1.84. The maximum absolute atomic E-state index is 13.1. The van der Waals surface area contributed by atoms with E-state index in [4.69, 9.17) is 11.6 Å². The Morgan fingerprint density at radius 2 is 2.09 bits per heavy atom. The number of alkyl halides is 3. The molecule has 2 aromatic heterocycles. The Bertz CT molecular complexity index is 724. The molecule has 0 aliphatic rings. The van der Waals surface area contributed by atoms with Gasteiger partial charge >= 0.3 is 6.18 Å². The van der Waals surface area contributed by atoms with Crippen LogP contribution in [0.5, 0.6) is 0 Å². The van der Waals surface area contributed by atoms with Crippen LogP contribution >= 0.6 is 11.6 Å². The summed E-state index contributed by atoms with van der Waals surface area (Å²) in [6.45, 7) is 5.55. The second-order valence-corrected chi connectivity index (χ2v) is 5.66. The number of hydrogen-bond donors (Lipinski definition) is 1. The van der Waals surface area contributed by atoms with Crippen LogP contribution in [0.15, 0.2) is 6.07 Å². The number of fused-ring (bicyclic) bond motifs is 1. The average molecular weight is 335 g/mol. The van der Waals surface area contributed by atoms with Gasteiger partial charge in [0.05, 0.1) is 0 Å². The maximum Gasteiger partial charge on any atom is 0.433 e. The number of carbonyl (C=O) groups excluding carboxylic acids is 1. The predicted octanol–water partition coefficient (Wildman–Crippen LogP) is 3.10. The van der Waals surface area contributed by atoms with Crippen molar-refractivity contribution >= 4 is 23.2 Å². The second kappa shape index (κ2) is 5.75. The number of hydrogen-bond acceptors (Lipinski definition) is 3. The Morgan fingerprint density at radius 1 is 1.45 bits per heavy atom. The molecule has 0 bridgehead atoms. The summed E-state index contributed by atoms with van der Waals surface area (Å²) in [6.07, 6.45) is -4.63. The molecule has 5 nitrogen and oxygen atoms in total. The van der Waals surface area contributed by atoms with E-state index in [0.717, 1.165) is 6.07 Å². The van der Waals surface area contributed by atoms with Gasteiger partial charge in [-0.1, -0.05) is 25.4 Å². The molecule has 0 atom stereocenters. The van der Waals surface area contributed by atoms with Gasteiger partial charge in [-0.2, -0.15) is 18.3 Å². The molecule has 9 heteroatoms. The van der Waals surface area contributed by atoms with Gasteiger partial charge in [0.25, 0.3) is 5.91 Å². The van der Waals surface area contributed by atoms with E-state index < -0.39 is 17.8 Å². The first-order valence-electron chi connectivity index (χ1n) is 6.52. The molecule has 2 aromatic rings.